The van der Waals surface area contributed by atoms with Crippen LogP contribution in [0, 0.1) is 9.39 Å². The monoisotopic (exact) mass is 439 g/mol. The third-order valence-electron chi connectivity index (χ3n) is 2.96. The highest BCUT2D eigenvalue weighted by molar-refractivity contribution is 14.1. The van der Waals surface area contributed by atoms with Crippen molar-refractivity contribution in [3.05, 3.63) is 75.8 Å². The van der Waals surface area contributed by atoms with Crippen LogP contribution in [0.1, 0.15) is 16.8 Å². The molecular formula is C17H15FIN3O2. The number of carbonyl (C=O) groups excluding carboxylic acids is 2. The molecule has 2 aromatic rings. The van der Waals surface area contributed by atoms with Gasteiger partial charge in [0.05, 0.1) is 6.42 Å². The molecule has 24 heavy (non-hydrogen) atoms. The Labute approximate surface area is 152 Å². The fraction of sp³-hybridized carbons (Fsp3) is 0.0588. The Hall–Kier alpha value is -2.42. The molecule has 0 saturated carbocycles. The van der Waals surface area contributed by atoms with Crippen LogP contribution < -0.4 is 16.2 Å². The number of nitrogens with one attached hydrogen (secondary N) is 3. The Bertz CT molecular complexity index is 745. The topological polar surface area (TPSA) is 70.2 Å². The first kappa shape index (κ1) is 17.9. The van der Waals surface area contributed by atoms with Crippen LogP contribution in [-0.4, -0.2) is 11.8 Å². The van der Waals surface area contributed by atoms with Crippen molar-refractivity contribution in [1.82, 2.24) is 10.9 Å². The summed E-state index contributed by atoms with van der Waals surface area (Å²) in [6.07, 6.45) is -0.0374. The number of carbonyl (C=O) groups is 2. The van der Waals surface area contributed by atoms with Crippen molar-refractivity contribution >= 4 is 40.1 Å². The average Bonchev–Trinajstić information content (AvgIpc) is 2.55. The second kappa shape index (κ2) is 8.44. The molecule has 124 valence electrons. The van der Waals surface area contributed by atoms with Gasteiger partial charge in [0.2, 0.25) is 5.91 Å². The highest BCUT2D eigenvalue weighted by atomic mass is 127. The Morgan fingerprint density at radius 2 is 1.62 bits per heavy atom. The van der Waals surface area contributed by atoms with Gasteiger partial charge in [-0.15, -0.1) is 0 Å². The van der Waals surface area contributed by atoms with E-state index in [1.807, 2.05) is 12.1 Å². The molecule has 0 aliphatic carbocycles. The maximum atomic E-state index is 12.8. The van der Waals surface area contributed by atoms with Crippen LogP contribution in [0.25, 0.3) is 0 Å². The fourth-order valence-corrected chi connectivity index (χ4v) is 2.15. The summed E-state index contributed by atoms with van der Waals surface area (Å²) in [5.74, 6) is -1.04. The van der Waals surface area contributed by atoms with Gasteiger partial charge in [-0.1, -0.05) is 6.58 Å². The molecule has 7 heteroatoms. The zero-order chi connectivity index (χ0) is 17.5. The van der Waals surface area contributed by atoms with E-state index in [0.29, 0.717) is 16.9 Å². The Morgan fingerprint density at radius 1 is 1.00 bits per heavy atom. The van der Waals surface area contributed by atoms with Crippen molar-refractivity contribution in [3.8, 4) is 0 Å². The number of halogens is 2. The number of hydrogen-bond donors (Lipinski definition) is 3. The highest BCUT2D eigenvalue weighted by Gasteiger charge is 2.08. The standard InChI is InChI=1S/C17H15FIN3O2/c1-11(10-16(23)20-15-8-4-13(18)5-9-15)21-22-17(24)12-2-6-14(19)7-3-12/h2-9,21H,1,10H2,(H,20,23)(H,22,24). The van der Waals surface area contributed by atoms with Gasteiger partial charge in [0.15, 0.2) is 0 Å². The van der Waals surface area contributed by atoms with Crippen LogP contribution in [0.4, 0.5) is 10.1 Å². The first-order valence-corrected chi connectivity index (χ1v) is 8.07. The fourth-order valence-electron chi connectivity index (χ4n) is 1.79. The first-order chi connectivity index (χ1) is 11.4. The quantitative estimate of drug-likeness (QED) is 0.479. The Balaban J connectivity index is 1.78. The summed E-state index contributed by atoms with van der Waals surface area (Å²) in [5.41, 5.74) is 6.38. The van der Waals surface area contributed by atoms with Gasteiger partial charge in [-0.3, -0.25) is 15.0 Å². The molecule has 0 heterocycles. The SMILES string of the molecule is C=C(CC(=O)Nc1ccc(F)cc1)NNC(=O)c1ccc(I)cc1. The lowest BCUT2D eigenvalue weighted by Crippen LogP contribution is -2.37. The molecule has 0 unspecified atom stereocenters. The van der Waals surface area contributed by atoms with Gasteiger partial charge in [-0.05, 0) is 71.1 Å². The van der Waals surface area contributed by atoms with Crippen LogP contribution in [-0.2, 0) is 4.79 Å². The van der Waals surface area contributed by atoms with Crippen molar-refractivity contribution < 1.29 is 14.0 Å². The molecule has 2 amide bonds. The highest BCUT2D eigenvalue weighted by Crippen LogP contribution is 2.09. The van der Waals surface area contributed by atoms with E-state index in [9.17, 15) is 14.0 Å². The summed E-state index contributed by atoms with van der Waals surface area (Å²) in [6, 6.07) is 12.5. The molecular weight excluding hydrogens is 424 g/mol. The third kappa shape index (κ3) is 5.65. The second-order valence-corrected chi connectivity index (χ2v) is 6.17. The summed E-state index contributed by atoms with van der Waals surface area (Å²) in [7, 11) is 0. The second-order valence-electron chi connectivity index (χ2n) is 4.92. The van der Waals surface area contributed by atoms with E-state index in [1.54, 1.807) is 12.1 Å². The normalized spacial score (nSPS) is 9.92. The number of benzene rings is 2. The number of anilines is 1. The summed E-state index contributed by atoms with van der Waals surface area (Å²) in [6.45, 7) is 3.68. The molecule has 0 atom stereocenters. The number of amides is 2. The molecule has 0 aliphatic heterocycles. The third-order valence-corrected chi connectivity index (χ3v) is 3.68. The molecule has 0 fully saturated rings. The van der Waals surface area contributed by atoms with Crippen molar-refractivity contribution in [3.63, 3.8) is 0 Å². The smallest absolute Gasteiger partial charge is 0.269 e. The maximum absolute atomic E-state index is 12.8. The molecule has 3 N–H and O–H groups in total. The Kier molecular flexibility index (Phi) is 6.30. The molecule has 0 aliphatic rings. The van der Waals surface area contributed by atoms with Crippen LogP contribution in [0.5, 0.6) is 0 Å². The average molecular weight is 439 g/mol. The van der Waals surface area contributed by atoms with E-state index in [0.717, 1.165) is 3.57 Å². The van der Waals surface area contributed by atoms with Gasteiger partial charge in [0, 0.05) is 20.5 Å². The number of hydrogen-bond acceptors (Lipinski definition) is 3. The van der Waals surface area contributed by atoms with Crippen molar-refractivity contribution in [2.75, 3.05) is 5.32 Å². The van der Waals surface area contributed by atoms with E-state index in [2.05, 4.69) is 45.3 Å². The molecule has 5 nitrogen and oxygen atoms in total. The van der Waals surface area contributed by atoms with Crippen molar-refractivity contribution in [2.24, 2.45) is 0 Å². The van der Waals surface area contributed by atoms with Gasteiger partial charge in [-0.25, -0.2) is 4.39 Å². The zero-order valence-corrected chi connectivity index (χ0v) is 14.8. The van der Waals surface area contributed by atoms with Gasteiger partial charge in [0.25, 0.3) is 5.91 Å². The maximum Gasteiger partial charge on any atom is 0.269 e. The summed E-state index contributed by atoms with van der Waals surface area (Å²) in [4.78, 5) is 23.8. The minimum atomic E-state index is -0.377. The van der Waals surface area contributed by atoms with Crippen molar-refractivity contribution in [2.45, 2.75) is 6.42 Å². The summed E-state index contributed by atoms with van der Waals surface area (Å²) in [5, 5.41) is 2.61. The van der Waals surface area contributed by atoms with Gasteiger partial charge >= 0.3 is 0 Å². The molecule has 0 radical (unpaired) electrons. The van der Waals surface area contributed by atoms with Gasteiger partial charge in [-0.2, -0.15) is 0 Å². The first-order valence-electron chi connectivity index (χ1n) is 6.99. The van der Waals surface area contributed by atoms with Gasteiger partial charge in [0.1, 0.15) is 5.82 Å². The van der Waals surface area contributed by atoms with Crippen LogP contribution >= 0.6 is 22.6 Å². The molecule has 0 saturated heterocycles. The zero-order valence-electron chi connectivity index (χ0n) is 12.6. The molecule has 0 bridgehead atoms. The predicted octanol–water partition coefficient (Wildman–Crippen LogP) is 3.21. The minimum Gasteiger partial charge on any atom is -0.326 e. The van der Waals surface area contributed by atoms with E-state index >= 15 is 0 Å². The van der Waals surface area contributed by atoms with E-state index in [4.69, 9.17) is 0 Å². The van der Waals surface area contributed by atoms with Crippen LogP contribution in [0.15, 0.2) is 60.8 Å². The molecule has 0 spiro atoms. The minimum absolute atomic E-state index is 0.0374. The van der Waals surface area contributed by atoms with Crippen LogP contribution in [0.3, 0.4) is 0 Å². The number of rotatable bonds is 6. The lowest BCUT2D eigenvalue weighted by Gasteiger charge is -2.11. The Morgan fingerprint density at radius 3 is 2.25 bits per heavy atom. The van der Waals surface area contributed by atoms with Crippen molar-refractivity contribution in [1.29, 1.82) is 0 Å². The predicted molar refractivity (Wildman–Crippen MR) is 98.5 cm³/mol. The lowest BCUT2D eigenvalue weighted by molar-refractivity contribution is -0.115. The van der Waals surface area contributed by atoms with E-state index in [1.165, 1.54) is 24.3 Å². The lowest BCUT2D eigenvalue weighted by atomic mass is 10.2. The molecule has 2 aromatic carbocycles. The summed E-state index contributed by atoms with van der Waals surface area (Å²) >= 11 is 2.15. The number of hydrazine groups is 1. The largest absolute Gasteiger partial charge is 0.326 e. The van der Waals surface area contributed by atoms with Crippen LogP contribution in [0.2, 0.25) is 0 Å². The molecule has 2 rings (SSSR count). The van der Waals surface area contributed by atoms with E-state index in [-0.39, 0.29) is 24.1 Å². The molecule has 0 aromatic heterocycles. The summed E-state index contributed by atoms with van der Waals surface area (Å²) < 4.78 is 13.8. The van der Waals surface area contributed by atoms with E-state index < -0.39 is 0 Å². The van der Waals surface area contributed by atoms with Gasteiger partial charge < -0.3 is 10.7 Å².